The van der Waals surface area contributed by atoms with E-state index in [1.807, 2.05) is 19.1 Å². The first-order valence-corrected chi connectivity index (χ1v) is 9.77. The van der Waals surface area contributed by atoms with Crippen LogP contribution in [-0.4, -0.2) is 38.3 Å². The van der Waals surface area contributed by atoms with Crippen LogP contribution in [0.5, 0.6) is 11.5 Å². The van der Waals surface area contributed by atoms with Gasteiger partial charge >= 0.3 is 5.97 Å². The first-order valence-electron chi connectivity index (χ1n) is 9.77. The Morgan fingerprint density at radius 3 is 2.54 bits per heavy atom. The number of benzene rings is 1. The lowest BCUT2D eigenvalue weighted by Gasteiger charge is -2.35. The van der Waals surface area contributed by atoms with Crippen molar-refractivity contribution in [1.29, 1.82) is 0 Å². The monoisotopic (exact) mass is 385 g/mol. The topological polar surface area (TPSA) is 74.2 Å². The Kier molecular flexibility index (Phi) is 6.17. The minimum atomic E-state index is -0.608. The van der Waals surface area contributed by atoms with Crippen LogP contribution in [0.15, 0.2) is 34.5 Å². The molecule has 0 saturated heterocycles. The molecule has 0 spiro atoms. The van der Waals surface area contributed by atoms with Gasteiger partial charge in [0.1, 0.15) is 5.92 Å². The van der Waals surface area contributed by atoms with Gasteiger partial charge in [0.25, 0.3) is 0 Å². The van der Waals surface area contributed by atoms with Crippen LogP contribution in [-0.2, 0) is 14.3 Å². The van der Waals surface area contributed by atoms with Crippen molar-refractivity contribution >= 4 is 17.5 Å². The molecule has 1 aliphatic carbocycles. The van der Waals surface area contributed by atoms with Crippen LogP contribution in [0, 0.1) is 5.92 Å². The molecule has 150 valence electrons. The maximum absolute atomic E-state index is 12.9. The van der Waals surface area contributed by atoms with E-state index in [0.717, 1.165) is 29.8 Å². The largest absolute Gasteiger partial charge is 0.493 e. The molecule has 0 radical (unpaired) electrons. The van der Waals surface area contributed by atoms with Crippen LogP contribution in [0.3, 0.4) is 0 Å². The molecule has 0 amide bonds. The number of hydrogen-bond donors (Lipinski definition) is 0. The molecule has 28 heavy (non-hydrogen) atoms. The number of aliphatic imine (C=N–C) groups is 1. The van der Waals surface area contributed by atoms with E-state index in [9.17, 15) is 9.59 Å². The van der Waals surface area contributed by atoms with Gasteiger partial charge in [0, 0.05) is 29.3 Å². The Bertz CT molecular complexity index is 839. The van der Waals surface area contributed by atoms with Crippen molar-refractivity contribution in [3.63, 3.8) is 0 Å². The van der Waals surface area contributed by atoms with Crippen LogP contribution in [0.2, 0.25) is 0 Å². The molecule has 0 N–H and O–H groups in total. The van der Waals surface area contributed by atoms with Crippen LogP contribution >= 0.6 is 0 Å². The number of allylic oxidation sites excluding steroid dienone is 2. The molecule has 0 fully saturated rings. The number of methoxy groups -OCH3 is 2. The highest BCUT2D eigenvalue weighted by Gasteiger charge is 2.44. The zero-order valence-electron chi connectivity index (χ0n) is 16.9. The highest BCUT2D eigenvalue weighted by Crippen LogP contribution is 2.45. The van der Waals surface area contributed by atoms with Gasteiger partial charge in [-0.15, -0.1) is 0 Å². The summed E-state index contributed by atoms with van der Waals surface area (Å²) in [5.41, 5.74) is 3.06. The maximum atomic E-state index is 12.9. The lowest BCUT2D eigenvalue weighted by Crippen LogP contribution is -2.38. The highest BCUT2D eigenvalue weighted by molar-refractivity contribution is 6.09. The van der Waals surface area contributed by atoms with E-state index in [1.54, 1.807) is 27.2 Å². The third-order valence-corrected chi connectivity index (χ3v) is 5.38. The summed E-state index contributed by atoms with van der Waals surface area (Å²) < 4.78 is 16.2. The average Bonchev–Trinajstić information content (AvgIpc) is 2.72. The van der Waals surface area contributed by atoms with Crippen molar-refractivity contribution in [2.24, 2.45) is 10.9 Å². The van der Waals surface area contributed by atoms with Gasteiger partial charge in [0.05, 0.1) is 20.8 Å². The predicted molar refractivity (Wildman–Crippen MR) is 106 cm³/mol. The third kappa shape index (κ3) is 3.55. The van der Waals surface area contributed by atoms with Gasteiger partial charge in [0.2, 0.25) is 0 Å². The van der Waals surface area contributed by atoms with Gasteiger partial charge in [-0.3, -0.25) is 14.6 Å². The maximum Gasteiger partial charge on any atom is 0.315 e. The van der Waals surface area contributed by atoms with Crippen molar-refractivity contribution in [3.8, 4) is 11.5 Å². The van der Waals surface area contributed by atoms with Crippen molar-refractivity contribution < 1.29 is 23.8 Å². The Hall–Kier alpha value is -2.63. The van der Waals surface area contributed by atoms with Gasteiger partial charge in [-0.25, -0.2) is 0 Å². The Labute approximate surface area is 165 Å². The fourth-order valence-corrected chi connectivity index (χ4v) is 4.13. The molecule has 1 aromatic rings. The lowest BCUT2D eigenvalue weighted by molar-refractivity contribution is -0.146. The number of nitrogens with zero attached hydrogens (tertiary/aromatic N) is 1. The molecule has 2 atom stereocenters. The number of hydrogen-bond acceptors (Lipinski definition) is 6. The number of esters is 1. The van der Waals surface area contributed by atoms with E-state index in [4.69, 9.17) is 19.2 Å². The first kappa shape index (κ1) is 20.1. The number of Topliss-reactive ketones (excluding diaryl/α,β-unsaturated/α-hetero) is 1. The molecular weight excluding hydrogens is 358 g/mol. The summed E-state index contributed by atoms with van der Waals surface area (Å²) in [4.78, 5) is 30.5. The van der Waals surface area contributed by atoms with E-state index < -0.39 is 11.8 Å². The molecule has 0 saturated carbocycles. The molecule has 1 unspecified atom stereocenters. The molecule has 2 aliphatic rings. The van der Waals surface area contributed by atoms with Gasteiger partial charge in [-0.2, -0.15) is 0 Å². The van der Waals surface area contributed by atoms with Crippen LogP contribution in [0.25, 0.3) is 0 Å². The van der Waals surface area contributed by atoms with Crippen LogP contribution in [0.4, 0.5) is 0 Å². The van der Waals surface area contributed by atoms with Crippen molar-refractivity contribution in [1.82, 2.24) is 0 Å². The summed E-state index contributed by atoms with van der Waals surface area (Å²) in [6.07, 6.45) is 2.65. The molecular formula is C22H27NO5. The summed E-state index contributed by atoms with van der Waals surface area (Å²) in [7, 11) is 3.15. The van der Waals surface area contributed by atoms with E-state index in [-0.39, 0.29) is 18.4 Å². The Morgan fingerprint density at radius 2 is 1.89 bits per heavy atom. The van der Waals surface area contributed by atoms with Crippen molar-refractivity contribution in [2.45, 2.75) is 45.4 Å². The molecule has 1 heterocycles. The van der Waals surface area contributed by atoms with Crippen molar-refractivity contribution in [2.75, 3.05) is 20.8 Å². The second-order valence-corrected chi connectivity index (χ2v) is 6.92. The second-order valence-electron chi connectivity index (χ2n) is 6.92. The fraction of sp³-hybridized carbons (Fsp3) is 0.500. The molecule has 1 aromatic carbocycles. The molecule has 0 bridgehead atoms. The first-order chi connectivity index (χ1) is 13.5. The Balaban J connectivity index is 2.19. The number of ether oxygens (including phenoxy) is 3. The van der Waals surface area contributed by atoms with Gasteiger partial charge in [-0.1, -0.05) is 13.0 Å². The van der Waals surface area contributed by atoms with Gasteiger partial charge in [-0.05, 0) is 43.9 Å². The number of rotatable bonds is 6. The van der Waals surface area contributed by atoms with Crippen LogP contribution in [0.1, 0.15) is 51.0 Å². The minimum Gasteiger partial charge on any atom is -0.493 e. The van der Waals surface area contributed by atoms with Gasteiger partial charge < -0.3 is 14.2 Å². The van der Waals surface area contributed by atoms with Crippen molar-refractivity contribution in [3.05, 3.63) is 35.0 Å². The molecule has 0 aromatic heterocycles. The van der Waals surface area contributed by atoms with Gasteiger partial charge in [0.15, 0.2) is 17.3 Å². The number of carbonyl (C=O) groups excluding carboxylic acids is 2. The standard InChI is InChI=1S/C22H27NO5/c1-5-14-21(22(25)28-6-2)19(20-15(23-14)8-7-9-16(20)24)13-10-11-17(26-3)18(12-13)27-4/h10-12,19,21H,5-9H2,1-4H3/t19-,21?/m0/s1. The van der Waals surface area contributed by atoms with E-state index >= 15 is 0 Å². The number of carbonyl (C=O) groups is 2. The average molecular weight is 385 g/mol. The summed E-state index contributed by atoms with van der Waals surface area (Å²) in [6.45, 7) is 4.04. The zero-order chi connectivity index (χ0) is 20.3. The second kappa shape index (κ2) is 8.59. The summed E-state index contributed by atoms with van der Waals surface area (Å²) in [5, 5.41) is 0. The number of ketones is 1. The highest BCUT2D eigenvalue weighted by atomic mass is 16.5. The molecule has 1 aliphatic heterocycles. The normalized spacial score (nSPS) is 21.7. The van der Waals surface area contributed by atoms with E-state index in [1.165, 1.54) is 0 Å². The van der Waals surface area contributed by atoms with E-state index in [2.05, 4.69) is 0 Å². The Morgan fingerprint density at radius 1 is 1.14 bits per heavy atom. The minimum absolute atomic E-state index is 0.0641. The third-order valence-electron chi connectivity index (χ3n) is 5.38. The summed E-state index contributed by atoms with van der Waals surface area (Å²) >= 11 is 0. The predicted octanol–water partition coefficient (Wildman–Crippen LogP) is 3.84. The SMILES string of the molecule is CCOC(=O)C1C(CC)=NC2=C(C(=O)CCC2)[C@@H]1c1ccc(OC)c(OC)c1. The molecule has 6 nitrogen and oxygen atoms in total. The fourth-order valence-electron chi connectivity index (χ4n) is 4.13. The van der Waals surface area contributed by atoms with E-state index in [0.29, 0.717) is 29.9 Å². The lowest BCUT2D eigenvalue weighted by atomic mass is 9.71. The zero-order valence-corrected chi connectivity index (χ0v) is 16.9. The molecule has 6 heteroatoms. The quantitative estimate of drug-likeness (QED) is 0.696. The van der Waals surface area contributed by atoms with Crippen LogP contribution < -0.4 is 9.47 Å². The summed E-state index contributed by atoms with van der Waals surface area (Å²) in [5.74, 6) is -0.142. The summed E-state index contributed by atoms with van der Waals surface area (Å²) in [6, 6.07) is 5.55. The molecule has 3 rings (SSSR count). The smallest absolute Gasteiger partial charge is 0.315 e.